The molecule has 0 spiro atoms. The Hall–Kier alpha value is -3.15. The fourth-order valence-corrected chi connectivity index (χ4v) is 2.88. The number of nitrogens with zero attached hydrogens (tertiary/aromatic N) is 2. The fraction of sp³-hybridized carbons (Fsp3) is 0.238. The van der Waals surface area contributed by atoms with Crippen LogP contribution in [0.3, 0.4) is 0 Å². The molecule has 5 nitrogen and oxygen atoms in total. The Balaban J connectivity index is 1.99. The predicted molar refractivity (Wildman–Crippen MR) is 105 cm³/mol. The molecule has 2 aromatic carbocycles. The first-order valence-electron chi connectivity index (χ1n) is 8.73. The Kier molecular flexibility index (Phi) is 5.26. The van der Waals surface area contributed by atoms with Crippen LogP contribution in [-0.4, -0.2) is 17.0 Å². The van der Waals surface area contributed by atoms with Crippen LogP contribution in [0.15, 0.2) is 48.5 Å². The molecule has 1 heterocycles. The van der Waals surface area contributed by atoms with Gasteiger partial charge in [0.2, 0.25) is 5.91 Å². The first-order chi connectivity index (χ1) is 12.8. The third-order valence-corrected chi connectivity index (χ3v) is 4.07. The number of carbonyl (C=O) groups is 1. The standard InChI is InChI=1S/C21H22FN3O2/c1-13(2)27-20-11-17(22)7-8-19(20)25(14(3)26)12-15-4-5-16-6-9-21(23)24-18(16)10-15/h4-11,13H,12H2,1-3H3,(H2,23,24). The highest BCUT2D eigenvalue weighted by Gasteiger charge is 2.19. The molecule has 3 aromatic rings. The molecule has 0 radical (unpaired) electrons. The molecule has 27 heavy (non-hydrogen) atoms. The number of nitrogen functional groups attached to an aromatic ring is 1. The third kappa shape index (κ3) is 4.34. The number of carbonyl (C=O) groups excluding carboxylic acids is 1. The van der Waals surface area contributed by atoms with Gasteiger partial charge in [0.1, 0.15) is 17.4 Å². The summed E-state index contributed by atoms with van der Waals surface area (Å²) in [5, 5.41) is 0.966. The minimum Gasteiger partial charge on any atom is -0.489 e. The van der Waals surface area contributed by atoms with Crippen molar-refractivity contribution in [3.8, 4) is 5.75 Å². The molecule has 1 amide bonds. The van der Waals surface area contributed by atoms with Gasteiger partial charge in [0.05, 0.1) is 23.9 Å². The zero-order chi connectivity index (χ0) is 19.6. The van der Waals surface area contributed by atoms with Crippen LogP contribution in [0.4, 0.5) is 15.9 Å². The number of benzene rings is 2. The highest BCUT2D eigenvalue weighted by Crippen LogP contribution is 2.32. The first-order valence-corrected chi connectivity index (χ1v) is 8.73. The molecule has 0 atom stereocenters. The average molecular weight is 367 g/mol. The zero-order valence-electron chi connectivity index (χ0n) is 15.6. The van der Waals surface area contributed by atoms with E-state index in [2.05, 4.69) is 4.98 Å². The minimum atomic E-state index is -0.414. The summed E-state index contributed by atoms with van der Waals surface area (Å²) in [7, 11) is 0. The summed E-state index contributed by atoms with van der Waals surface area (Å²) in [5.41, 5.74) is 7.94. The SMILES string of the molecule is CC(=O)N(Cc1ccc2ccc(N)nc2c1)c1ccc(F)cc1OC(C)C. The summed E-state index contributed by atoms with van der Waals surface area (Å²) < 4.78 is 19.4. The summed E-state index contributed by atoms with van der Waals surface area (Å²) >= 11 is 0. The molecule has 0 aliphatic carbocycles. The molecule has 0 fully saturated rings. The largest absolute Gasteiger partial charge is 0.489 e. The summed E-state index contributed by atoms with van der Waals surface area (Å²) in [6.07, 6.45) is -0.146. The van der Waals surface area contributed by atoms with E-state index in [0.717, 1.165) is 16.5 Å². The van der Waals surface area contributed by atoms with Crippen LogP contribution in [0, 0.1) is 5.82 Å². The second-order valence-electron chi connectivity index (χ2n) is 6.65. The smallest absolute Gasteiger partial charge is 0.224 e. The number of hydrogen-bond acceptors (Lipinski definition) is 4. The van der Waals surface area contributed by atoms with Crippen LogP contribution in [0.5, 0.6) is 5.75 Å². The normalized spacial score (nSPS) is 11.0. The second kappa shape index (κ2) is 7.61. The quantitative estimate of drug-likeness (QED) is 0.730. The molecule has 6 heteroatoms. The zero-order valence-corrected chi connectivity index (χ0v) is 15.6. The minimum absolute atomic E-state index is 0.146. The monoisotopic (exact) mass is 367 g/mol. The number of amides is 1. The Morgan fingerprint density at radius 2 is 1.93 bits per heavy atom. The molecular weight excluding hydrogens is 345 g/mol. The summed E-state index contributed by atoms with van der Waals surface area (Å²) in [6, 6.07) is 13.6. The van der Waals surface area contributed by atoms with E-state index in [1.54, 1.807) is 17.0 Å². The van der Waals surface area contributed by atoms with Crippen LogP contribution in [0.25, 0.3) is 10.9 Å². The number of nitrogens with two attached hydrogens (primary N) is 1. The molecule has 140 valence electrons. The number of ether oxygens (including phenoxy) is 1. The van der Waals surface area contributed by atoms with Gasteiger partial charge in [-0.2, -0.15) is 0 Å². The van der Waals surface area contributed by atoms with Crippen LogP contribution >= 0.6 is 0 Å². The van der Waals surface area contributed by atoms with E-state index in [1.807, 2.05) is 38.1 Å². The predicted octanol–water partition coefficient (Wildman–Crippen LogP) is 4.30. The van der Waals surface area contributed by atoms with Gasteiger partial charge in [0, 0.05) is 18.4 Å². The highest BCUT2D eigenvalue weighted by atomic mass is 19.1. The van der Waals surface area contributed by atoms with E-state index in [1.165, 1.54) is 19.1 Å². The van der Waals surface area contributed by atoms with Gasteiger partial charge in [-0.25, -0.2) is 9.37 Å². The van der Waals surface area contributed by atoms with Crippen LogP contribution in [-0.2, 0) is 11.3 Å². The van der Waals surface area contributed by atoms with Crippen molar-refractivity contribution in [3.05, 3.63) is 59.9 Å². The molecule has 0 saturated heterocycles. The molecule has 3 rings (SSSR count). The van der Waals surface area contributed by atoms with Gasteiger partial charge in [-0.3, -0.25) is 4.79 Å². The molecular formula is C21H22FN3O2. The number of halogens is 1. The van der Waals surface area contributed by atoms with Crippen molar-refractivity contribution in [3.63, 3.8) is 0 Å². The molecule has 0 saturated carbocycles. The number of anilines is 2. The summed E-state index contributed by atoms with van der Waals surface area (Å²) in [5.74, 6) is 0.191. The number of pyridine rings is 1. The van der Waals surface area contributed by atoms with E-state index < -0.39 is 5.82 Å². The number of aromatic nitrogens is 1. The van der Waals surface area contributed by atoms with Crippen LogP contribution in [0.1, 0.15) is 26.3 Å². The van der Waals surface area contributed by atoms with Gasteiger partial charge >= 0.3 is 0 Å². The van der Waals surface area contributed by atoms with Crippen LogP contribution < -0.4 is 15.4 Å². The number of fused-ring (bicyclic) bond motifs is 1. The highest BCUT2D eigenvalue weighted by molar-refractivity contribution is 5.93. The Bertz CT molecular complexity index is 988. The van der Waals surface area contributed by atoms with E-state index in [-0.39, 0.29) is 12.0 Å². The van der Waals surface area contributed by atoms with Gasteiger partial charge in [0.25, 0.3) is 0 Å². The molecule has 0 bridgehead atoms. The third-order valence-electron chi connectivity index (χ3n) is 4.07. The second-order valence-corrected chi connectivity index (χ2v) is 6.65. The average Bonchev–Trinajstić information content (AvgIpc) is 2.59. The van der Waals surface area contributed by atoms with Gasteiger partial charge < -0.3 is 15.4 Å². The van der Waals surface area contributed by atoms with Gasteiger partial charge in [-0.15, -0.1) is 0 Å². The lowest BCUT2D eigenvalue weighted by molar-refractivity contribution is -0.116. The van der Waals surface area contributed by atoms with E-state index >= 15 is 0 Å². The van der Waals surface area contributed by atoms with Crippen molar-refractivity contribution in [1.82, 2.24) is 4.98 Å². The maximum absolute atomic E-state index is 13.7. The Morgan fingerprint density at radius 1 is 1.19 bits per heavy atom. The molecule has 2 N–H and O–H groups in total. The van der Waals surface area contributed by atoms with E-state index in [4.69, 9.17) is 10.5 Å². The lowest BCUT2D eigenvalue weighted by atomic mass is 10.1. The van der Waals surface area contributed by atoms with Crippen molar-refractivity contribution in [1.29, 1.82) is 0 Å². The lowest BCUT2D eigenvalue weighted by Gasteiger charge is -2.25. The van der Waals surface area contributed by atoms with Gasteiger partial charge in [-0.1, -0.05) is 12.1 Å². The van der Waals surface area contributed by atoms with Crippen LogP contribution in [0.2, 0.25) is 0 Å². The van der Waals surface area contributed by atoms with Crippen molar-refractivity contribution >= 4 is 28.3 Å². The Labute approximate surface area is 157 Å². The fourth-order valence-electron chi connectivity index (χ4n) is 2.88. The maximum Gasteiger partial charge on any atom is 0.224 e. The van der Waals surface area contributed by atoms with Crippen molar-refractivity contribution < 1.29 is 13.9 Å². The molecule has 1 aromatic heterocycles. The van der Waals surface area contributed by atoms with Gasteiger partial charge in [0.15, 0.2) is 0 Å². The number of hydrogen-bond donors (Lipinski definition) is 1. The Morgan fingerprint density at radius 3 is 2.63 bits per heavy atom. The summed E-state index contributed by atoms with van der Waals surface area (Å²) in [4.78, 5) is 18.2. The maximum atomic E-state index is 13.7. The summed E-state index contributed by atoms with van der Waals surface area (Å²) in [6.45, 7) is 5.49. The van der Waals surface area contributed by atoms with E-state index in [0.29, 0.717) is 23.8 Å². The lowest BCUT2D eigenvalue weighted by Crippen LogP contribution is -2.28. The molecule has 0 aliphatic rings. The molecule has 0 unspecified atom stereocenters. The van der Waals surface area contributed by atoms with Gasteiger partial charge in [-0.05, 0) is 49.7 Å². The topological polar surface area (TPSA) is 68.5 Å². The van der Waals surface area contributed by atoms with E-state index in [9.17, 15) is 9.18 Å². The first kappa shape index (κ1) is 18.6. The van der Waals surface area contributed by atoms with Crippen molar-refractivity contribution in [2.45, 2.75) is 33.4 Å². The molecule has 0 aliphatic heterocycles. The number of rotatable bonds is 5. The van der Waals surface area contributed by atoms with Crippen molar-refractivity contribution in [2.24, 2.45) is 0 Å². The van der Waals surface area contributed by atoms with Crippen molar-refractivity contribution in [2.75, 3.05) is 10.6 Å².